The SMILES string of the molecule is COCCN(C(=N)N)C(C)C1CC1. The number of nitrogens with two attached hydrogens (primary N) is 1. The third kappa shape index (κ3) is 2.88. The Balaban J connectivity index is 2.40. The lowest BCUT2D eigenvalue weighted by molar-refractivity contribution is 0.158. The molecule has 3 N–H and O–H groups in total. The Morgan fingerprint density at radius 2 is 2.31 bits per heavy atom. The summed E-state index contributed by atoms with van der Waals surface area (Å²) in [6, 6.07) is 0.396. The highest BCUT2D eigenvalue weighted by atomic mass is 16.5. The molecule has 1 aliphatic rings. The van der Waals surface area contributed by atoms with Crippen LogP contribution in [0.4, 0.5) is 0 Å². The van der Waals surface area contributed by atoms with Crippen LogP contribution in [-0.4, -0.2) is 37.2 Å². The monoisotopic (exact) mass is 185 g/mol. The van der Waals surface area contributed by atoms with Crippen LogP contribution < -0.4 is 5.73 Å². The van der Waals surface area contributed by atoms with E-state index in [4.69, 9.17) is 15.9 Å². The van der Waals surface area contributed by atoms with Gasteiger partial charge in [0, 0.05) is 19.7 Å². The first-order valence-corrected chi connectivity index (χ1v) is 4.76. The van der Waals surface area contributed by atoms with Gasteiger partial charge in [0.2, 0.25) is 0 Å². The van der Waals surface area contributed by atoms with Crippen LogP contribution in [0.3, 0.4) is 0 Å². The van der Waals surface area contributed by atoms with E-state index in [0.29, 0.717) is 12.6 Å². The Bertz CT molecular complexity index is 180. The molecule has 0 aromatic heterocycles. The van der Waals surface area contributed by atoms with Crippen molar-refractivity contribution < 1.29 is 4.74 Å². The predicted molar refractivity (Wildman–Crippen MR) is 52.7 cm³/mol. The summed E-state index contributed by atoms with van der Waals surface area (Å²) in [6.07, 6.45) is 2.55. The summed E-state index contributed by atoms with van der Waals surface area (Å²) >= 11 is 0. The number of rotatable bonds is 5. The fraction of sp³-hybridized carbons (Fsp3) is 0.889. The number of ether oxygens (including phenoxy) is 1. The average molecular weight is 185 g/mol. The molecule has 1 atom stereocenters. The molecule has 0 aromatic carbocycles. The summed E-state index contributed by atoms with van der Waals surface area (Å²) in [6.45, 7) is 3.49. The van der Waals surface area contributed by atoms with Gasteiger partial charge in [0.05, 0.1) is 6.61 Å². The molecule has 0 amide bonds. The van der Waals surface area contributed by atoms with E-state index in [1.807, 2.05) is 4.90 Å². The van der Waals surface area contributed by atoms with Gasteiger partial charge in [0.15, 0.2) is 5.96 Å². The second-order valence-electron chi connectivity index (χ2n) is 3.65. The van der Waals surface area contributed by atoms with E-state index in [-0.39, 0.29) is 5.96 Å². The van der Waals surface area contributed by atoms with E-state index < -0.39 is 0 Å². The molecule has 0 aromatic rings. The van der Waals surface area contributed by atoms with E-state index in [1.165, 1.54) is 12.8 Å². The van der Waals surface area contributed by atoms with Gasteiger partial charge in [0.25, 0.3) is 0 Å². The molecule has 1 rings (SSSR count). The third-order valence-corrected chi connectivity index (χ3v) is 2.64. The second-order valence-corrected chi connectivity index (χ2v) is 3.65. The second kappa shape index (κ2) is 4.46. The predicted octanol–water partition coefficient (Wildman–Crippen LogP) is 0.627. The number of hydrogen-bond donors (Lipinski definition) is 2. The highest BCUT2D eigenvalue weighted by Gasteiger charge is 2.32. The van der Waals surface area contributed by atoms with Crippen molar-refractivity contribution in [2.24, 2.45) is 11.7 Å². The molecule has 4 heteroatoms. The molecular formula is C9H19N3O. The molecule has 1 unspecified atom stereocenters. The van der Waals surface area contributed by atoms with Crippen molar-refractivity contribution in [1.82, 2.24) is 4.90 Å². The average Bonchev–Trinajstić information content (AvgIpc) is 2.86. The largest absolute Gasteiger partial charge is 0.383 e. The zero-order chi connectivity index (χ0) is 9.84. The topological polar surface area (TPSA) is 62.3 Å². The molecule has 1 aliphatic carbocycles. The molecule has 0 radical (unpaired) electrons. The normalized spacial score (nSPS) is 18.3. The summed E-state index contributed by atoms with van der Waals surface area (Å²) in [5.41, 5.74) is 5.50. The van der Waals surface area contributed by atoms with Gasteiger partial charge < -0.3 is 15.4 Å². The summed E-state index contributed by atoms with van der Waals surface area (Å²) in [5, 5.41) is 7.43. The molecule has 13 heavy (non-hydrogen) atoms. The fourth-order valence-corrected chi connectivity index (χ4v) is 1.57. The van der Waals surface area contributed by atoms with Gasteiger partial charge in [-0.05, 0) is 25.7 Å². The minimum absolute atomic E-state index is 0.163. The molecule has 0 heterocycles. The maximum atomic E-state index is 7.43. The third-order valence-electron chi connectivity index (χ3n) is 2.64. The zero-order valence-electron chi connectivity index (χ0n) is 8.42. The molecule has 0 aliphatic heterocycles. The lowest BCUT2D eigenvalue weighted by Gasteiger charge is -2.29. The summed E-state index contributed by atoms with van der Waals surface area (Å²) in [5.74, 6) is 0.900. The van der Waals surface area contributed by atoms with Gasteiger partial charge in [-0.1, -0.05) is 0 Å². The van der Waals surface area contributed by atoms with E-state index >= 15 is 0 Å². The van der Waals surface area contributed by atoms with Crippen LogP contribution >= 0.6 is 0 Å². The van der Waals surface area contributed by atoms with Crippen molar-refractivity contribution in [3.63, 3.8) is 0 Å². The van der Waals surface area contributed by atoms with Crippen molar-refractivity contribution in [3.05, 3.63) is 0 Å². The van der Waals surface area contributed by atoms with E-state index in [9.17, 15) is 0 Å². The lowest BCUT2D eigenvalue weighted by Crippen LogP contribution is -2.45. The Morgan fingerprint density at radius 3 is 2.69 bits per heavy atom. The number of nitrogens with one attached hydrogen (secondary N) is 1. The van der Waals surface area contributed by atoms with Crippen LogP contribution in [0.5, 0.6) is 0 Å². The standard InChI is InChI=1S/C9H19N3O/c1-7(8-3-4-8)12(9(10)11)5-6-13-2/h7-8H,3-6H2,1-2H3,(H3,10,11). The van der Waals surface area contributed by atoms with Crippen LogP contribution in [0.15, 0.2) is 0 Å². The smallest absolute Gasteiger partial charge is 0.188 e. The summed E-state index contributed by atoms with van der Waals surface area (Å²) in [7, 11) is 1.67. The Labute approximate surface area is 79.6 Å². The lowest BCUT2D eigenvalue weighted by atomic mass is 10.2. The first kappa shape index (κ1) is 10.3. The van der Waals surface area contributed by atoms with Crippen molar-refractivity contribution in [1.29, 1.82) is 5.41 Å². The Morgan fingerprint density at radius 1 is 1.69 bits per heavy atom. The molecular weight excluding hydrogens is 166 g/mol. The maximum absolute atomic E-state index is 7.43. The Hall–Kier alpha value is -0.770. The molecule has 0 spiro atoms. The van der Waals surface area contributed by atoms with E-state index in [2.05, 4.69) is 6.92 Å². The number of nitrogens with zero attached hydrogens (tertiary/aromatic N) is 1. The van der Waals surface area contributed by atoms with E-state index in [0.717, 1.165) is 12.5 Å². The van der Waals surface area contributed by atoms with Crippen LogP contribution in [0.2, 0.25) is 0 Å². The van der Waals surface area contributed by atoms with Crippen LogP contribution in [0.25, 0.3) is 0 Å². The molecule has 1 fully saturated rings. The molecule has 4 nitrogen and oxygen atoms in total. The molecule has 1 saturated carbocycles. The number of methoxy groups -OCH3 is 1. The first-order chi connectivity index (χ1) is 6.16. The van der Waals surface area contributed by atoms with E-state index in [1.54, 1.807) is 7.11 Å². The first-order valence-electron chi connectivity index (χ1n) is 4.76. The van der Waals surface area contributed by atoms with Crippen molar-refractivity contribution in [3.8, 4) is 0 Å². The summed E-state index contributed by atoms with van der Waals surface area (Å²) < 4.78 is 4.98. The highest BCUT2D eigenvalue weighted by Crippen LogP contribution is 2.34. The van der Waals surface area contributed by atoms with Crippen molar-refractivity contribution in [2.45, 2.75) is 25.8 Å². The van der Waals surface area contributed by atoms with Crippen LogP contribution in [0, 0.1) is 11.3 Å². The van der Waals surface area contributed by atoms with Crippen LogP contribution in [-0.2, 0) is 4.74 Å². The minimum Gasteiger partial charge on any atom is -0.383 e. The maximum Gasteiger partial charge on any atom is 0.188 e. The van der Waals surface area contributed by atoms with Gasteiger partial charge in [-0.2, -0.15) is 0 Å². The van der Waals surface area contributed by atoms with Gasteiger partial charge >= 0.3 is 0 Å². The number of hydrogen-bond acceptors (Lipinski definition) is 2. The minimum atomic E-state index is 0.163. The van der Waals surface area contributed by atoms with Gasteiger partial charge in [-0.15, -0.1) is 0 Å². The van der Waals surface area contributed by atoms with Gasteiger partial charge in [0.1, 0.15) is 0 Å². The van der Waals surface area contributed by atoms with Gasteiger partial charge in [-0.3, -0.25) is 5.41 Å². The quantitative estimate of drug-likeness (QED) is 0.487. The molecule has 0 bridgehead atoms. The number of guanidine groups is 1. The highest BCUT2D eigenvalue weighted by molar-refractivity contribution is 5.75. The van der Waals surface area contributed by atoms with Crippen molar-refractivity contribution in [2.75, 3.05) is 20.3 Å². The molecule has 76 valence electrons. The zero-order valence-corrected chi connectivity index (χ0v) is 8.42. The fourth-order valence-electron chi connectivity index (χ4n) is 1.57. The summed E-state index contributed by atoms with van der Waals surface area (Å²) in [4.78, 5) is 1.92. The van der Waals surface area contributed by atoms with Crippen molar-refractivity contribution >= 4 is 5.96 Å². The Kier molecular flexibility index (Phi) is 3.54. The van der Waals surface area contributed by atoms with Crippen LogP contribution in [0.1, 0.15) is 19.8 Å². The molecule has 0 saturated heterocycles. The van der Waals surface area contributed by atoms with Gasteiger partial charge in [-0.25, -0.2) is 0 Å².